The Kier molecular flexibility index (Phi) is 5.43. The number of carbonyl (C=O) groups excluding carboxylic acids is 1. The van der Waals surface area contributed by atoms with Crippen LogP contribution in [0.3, 0.4) is 0 Å². The minimum atomic E-state index is -1.07. The highest BCUT2D eigenvalue weighted by atomic mass is 16.5. The van der Waals surface area contributed by atoms with Crippen molar-refractivity contribution in [1.29, 1.82) is 0 Å². The van der Waals surface area contributed by atoms with E-state index in [2.05, 4.69) is 16.8 Å². The Bertz CT molecular complexity index is 857. The number of methoxy groups -OCH3 is 1. The maximum atomic E-state index is 11.8. The van der Waals surface area contributed by atoms with E-state index in [1.54, 1.807) is 20.2 Å². The number of fused-ring (bicyclic) bond motifs is 1. The molecule has 0 atom stereocenters. The molecule has 1 aromatic heterocycles. The molecule has 1 heterocycles. The van der Waals surface area contributed by atoms with Gasteiger partial charge in [-0.15, -0.1) is 0 Å². The largest absolute Gasteiger partial charge is 0.497 e. The zero-order chi connectivity index (χ0) is 18.6. The van der Waals surface area contributed by atoms with E-state index in [0.717, 1.165) is 22.2 Å². The molecule has 1 fully saturated rings. The van der Waals surface area contributed by atoms with Gasteiger partial charge in [0.15, 0.2) is 0 Å². The highest BCUT2D eigenvalue weighted by molar-refractivity contribution is 5.86. The molecule has 0 saturated heterocycles. The lowest BCUT2D eigenvalue weighted by Gasteiger charge is -2.31. The SMILES string of the molecule is CCOC(=O)[C@H]1CC[C@](O)(C#Cc2ccnc3ccc(OC)cc23)CC1. The number of ether oxygens (including phenoxy) is 2. The van der Waals surface area contributed by atoms with Crippen LogP contribution in [-0.4, -0.2) is 35.4 Å². The number of nitrogens with zero attached hydrogens (tertiary/aromatic N) is 1. The second kappa shape index (κ2) is 7.76. The quantitative estimate of drug-likeness (QED) is 0.678. The summed E-state index contributed by atoms with van der Waals surface area (Å²) in [4.78, 5) is 16.2. The van der Waals surface area contributed by atoms with Gasteiger partial charge in [0, 0.05) is 17.1 Å². The van der Waals surface area contributed by atoms with Crippen LogP contribution >= 0.6 is 0 Å². The number of pyridine rings is 1. The van der Waals surface area contributed by atoms with Crippen LogP contribution in [0.25, 0.3) is 10.9 Å². The van der Waals surface area contributed by atoms with Crippen molar-refractivity contribution in [3.63, 3.8) is 0 Å². The summed E-state index contributed by atoms with van der Waals surface area (Å²) in [5, 5.41) is 11.7. The van der Waals surface area contributed by atoms with Crippen LogP contribution in [0.2, 0.25) is 0 Å². The van der Waals surface area contributed by atoms with Crippen molar-refractivity contribution in [2.45, 2.75) is 38.2 Å². The van der Waals surface area contributed by atoms with Crippen molar-refractivity contribution < 1.29 is 19.4 Å². The highest BCUT2D eigenvalue weighted by Crippen LogP contribution is 2.32. The molecule has 0 amide bonds. The Morgan fingerprint density at radius 2 is 2.12 bits per heavy atom. The van der Waals surface area contributed by atoms with Gasteiger partial charge in [0.25, 0.3) is 0 Å². The maximum absolute atomic E-state index is 11.8. The summed E-state index contributed by atoms with van der Waals surface area (Å²) in [7, 11) is 1.62. The topological polar surface area (TPSA) is 68.7 Å². The number of benzene rings is 1. The van der Waals surface area contributed by atoms with E-state index in [-0.39, 0.29) is 11.9 Å². The number of carbonyl (C=O) groups is 1. The molecule has 0 bridgehead atoms. The van der Waals surface area contributed by atoms with E-state index in [4.69, 9.17) is 9.47 Å². The first-order valence-corrected chi connectivity index (χ1v) is 8.89. The average molecular weight is 353 g/mol. The van der Waals surface area contributed by atoms with Crippen molar-refractivity contribution in [3.8, 4) is 17.6 Å². The van der Waals surface area contributed by atoms with E-state index in [9.17, 15) is 9.90 Å². The third-order valence-corrected chi connectivity index (χ3v) is 4.81. The smallest absolute Gasteiger partial charge is 0.308 e. The number of esters is 1. The summed E-state index contributed by atoms with van der Waals surface area (Å²) >= 11 is 0. The van der Waals surface area contributed by atoms with E-state index < -0.39 is 5.60 Å². The standard InChI is InChI=1S/C21H23NO4/c1-3-26-20(23)16-7-11-21(24,12-8-16)10-6-15-9-13-22-19-5-4-17(25-2)14-18(15)19/h4-5,9,13-14,16,24H,3,7-8,11-12H2,1-2H3/t16-,21+. The Morgan fingerprint density at radius 3 is 2.81 bits per heavy atom. The zero-order valence-corrected chi connectivity index (χ0v) is 15.1. The molecular formula is C21H23NO4. The third kappa shape index (κ3) is 3.97. The van der Waals surface area contributed by atoms with Crippen molar-refractivity contribution >= 4 is 16.9 Å². The molecule has 1 saturated carbocycles. The van der Waals surface area contributed by atoms with Crippen LogP contribution in [0.4, 0.5) is 0 Å². The molecule has 1 aromatic carbocycles. The third-order valence-electron chi connectivity index (χ3n) is 4.81. The van der Waals surface area contributed by atoms with Crippen LogP contribution in [0, 0.1) is 17.8 Å². The predicted octanol–water partition coefficient (Wildman–Crippen LogP) is 3.08. The van der Waals surface area contributed by atoms with Crippen molar-refractivity contribution in [1.82, 2.24) is 4.98 Å². The molecule has 1 aliphatic carbocycles. The van der Waals surface area contributed by atoms with Crippen LogP contribution in [-0.2, 0) is 9.53 Å². The molecular weight excluding hydrogens is 330 g/mol. The fourth-order valence-electron chi connectivity index (χ4n) is 3.26. The van der Waals surface area contributed by atoms with Crippen molar-refractivity contribution in [2.24, 2.45) is 5.92 Å². The first kappa shape index (κ1) is 18.2. The second-order valence-corrected chi connectivity index (χ2v) is 6.55. The Morgan fingerprint density at radius 1 is 1.35 bits per heavy atom. The normalized spacial score (nSPS) is 22.3. The molecule has 1 aliphatic rings. The summed E-state index contributed by atoms with van der Waals surface area (Å²) < 4.78 is 10.3. The van der Waals surface area contributed by atoms with Gasteiger partial charge >= 0.3 is 5.97 Å². The van der Waals surface area contributed by atoms with E-state index in [0.29, 0.717) is 32.3 Å². The van der Waals surface area contributed by atoms with Gasteiger partial charge in [0.1, 0.15) is 11.4 Å². The minimum Gasteiger partial charge on any atom is -0.497 e. The number of rotatable bonds is 3. The summed E-state index contributed by atoms with van der Waals surface area (Å²) in [5.41, 5.74) is 0.558. The molecule has 3 rings (SSSR count). The van der Waals surface area contributed by atoms with E-state index in [1.807, 2.05) is 24.3 Å². The highest BCUT2D eigenvalue weighted by Gasteiger charge is 2.35. The molecule has 0 radical (unpaired) electrons. The number of aromatic nitrogens is 1. The molecule has 2 aromatic rings. The molecule has 5 heteroatoms. The van der Waals surface area contributed by atoms with Gasteiger partial charge in [-0.05, 0) is 56.9 Å². The average Bonchev–Trinajstić information content (AvgIpc) is 2.66. The van der Waals surface area contributed by atoms with E-state index >= 15 is 0 Å². The van der Waals surface area contributed by atoms with Crippen molar-refractivity contribution in [2.75, 3.05) is 13.7 Å². The Labute approximate surface area is 153 Å². The molecule has 136 valence electrons. The van der Waals surface area contributed by atoms with Gasteiger partial charge in [-0.1, -0.05) is 11.8 Å². The fourth-order valence-corrected chi connectivity index (χ4v) is 3.26. The first-order valence-electron chi connectivity index (χ1n) is 8.89. The molecule has 0 spiro atoms. The van der Waals surface area contributed by atoms with Gasteiger partial charge in [-0.25, -0.2) is 0 Å². The lowest BCUT2D eigenvalue weighted by Crippen LogP contribution is -2.35. The van der Waals surface area contributed by atoms with Crippen LogP contribution < -0.4 is 4.74 Å². The fraction of sp³-hybridized carbons (Fsp3) is 0.429. The van der Waals surface area contributed by atoms with Crippen LogP contribution in [0.15, 0.2) is 30.5 Å². The molecule has 26 heavy (non-hydrogen) atoms. The van der Waals surface area contributed by atoms with Gasteiger partial charge in [0.2, 0.25) is 0 Å². The molecule has 1 N–H and O–H groups in total. The van der Waals surface area contributed by atoms with Gasteiger partial charge < -0.3 is 14.6 Å². The first-order chi connectivity index (χ1) is 12.5. The Hall–Kier alpha value is -2.58. The maximum Gasteiger partial charge on any atom is 0.308 e. The zero-order valence-electron chi connectivity index (χ0n) is 15.1. The lowest BCUT2D eigenvalue weighted by atomic mass is 9.79. The summed E-state index contributed by atoms with van der Waals surface area (Å²) in [6, 6.07) is 7.48. The van der Waals surface area contributed by atoms with Crippen molar-refractivity contribution in [3.05, 3.63) is 36.0 Å². The molecule has 0 aliphatic heterocycles. The summed E-state index contributed by atoms with van der Waals surface area (Å²) in [6.45, 7) is 2.19. The second-order valence-electron chi connectivity index (χ2n) is 6.55. The van der Waals surface area contributed by atoms with Gasteiger partial charge in [-0.3, -0.25) is 9.78 Å². The molecule has 5 nitrogen and oxygen atoms in total. The van der Waals surface area contributed by atoms with Gasteiger partial charge in [0.05, 0.1) is 25.2 Å². The number of hydrogen-bond donors (Lipinski definition) is 1. The number of aliphatic hydroxyl groups is 1. The monoisotopic (exact) mass is 353 g/mol. The summed E-state index contributed by atoms with van der Waals surface area (Å²) in [5.74, 6) is 6.56. The summed E-state index contributed by atoms with van der Waals surface area (Å²) in [6.07, 6.45) is 3.83. The molecule has 0 unspecified atom stereocenters. The van der Waals surface area contributed by atoms with E-state index in [1.165, 1.54) is 0 Å². The van der Waals surface area contributed by atoms with Gasteiger partial charge in [-0.2, -0.15) is 0 Å². The minimum absolute atomic E-state index is 0.136. The lowest BCUT2D eigenvalue weighted by molar-refractivity contribution is -0.150. The predicted molar refractivity (Wildman–Crippen MR) is 98.7 cm³/mol. The van der Waals surface area contributed by atoms with Crippen LogP contribution in [0.5, 0.6) is 5.75 Å². The van der Waals surface area contributed by atoms with Crippen LogP contribution in [0.1, 0.15) is 38.2 Å². The Balaban J connectivity index is 1.79. The number of hydrogen-bond acceptors (Lipinski definition) is 5.